The van der Waals surface area contributed by atoms with Gasteiger partial charge in [-0.15, -0.1) is 0 Å². The number of fused-ring (bicyclic) bond motifs is 1. The summed E-state index contributed by atoms with van der Waals surface area (Å²) in [5.41, 5.74) is 1.91. The van der Waals surface area contributed by atoms with Crippen LogP contribution in [0, 0.1) is 0 Å². The molecule has 0 aromatic heterocycles. The number of amides is 1. The van der Waals surface area contributed by atoms with Crippen LogP contribution >= 0.6 is 0 Å². The normalized spacial score (nSPS) is 12.8. The molecule has 142 valence electrons. The maximum atomic E-state index is 12.6. The van der Waals surface area contributed by atoms with E-state index in [4.69, 9.17) is 14.2 Å². The molecule has 1 aliphatic heterocycles. The number of hydrogen-bond acceptors (Lipinski definition) is 4. The van der Waals surface area contributed by atoms with Gasteiger partial charge >= 0.3 is 0 Å². The number of carbonyl (C=O) groups is 1. The van der Waals surface area contributed by atoms with Crippen molar-refractivity contribution in [2.75, 3.05) is 26.4 Å². The van der Waals surface area contributed by atoms with E-state index in [1.54, 1.807) is 11.0 Å². The Balaban J connectivity index is 1.67. The van der Waals surface area contributed by atoms with Crippen LogP contribution in [0.2, 0.25) is 0 Å². The summed E-state index contributed by atoms with van der Waals surface area (Å²) in [5, 5.41) is 0. The van der Waals surface area contributed by atoms with E-state index in [1.807, 2.05) is 62.4 Å². The summed E-state index contributed by atoms with van der Waals surface area (Å²) in [4.78, 5) is 14.4. The molecule has 3 rings (SSSR count). The molecule has 0 aliphatic carbocycles. The minimum absolute atomic E-state index is 0.0410. The van der Waals surface area contributed by atoms with Crippen LogP contribution in [0.15, 0.2) is 48.5 Å². The quantitative estimate of drug-likeness (QED) is 0.696. The first-order valence-electron chi connectivity index (χ1n) is 9.28. The van der Waals surface area contributed by atoms with Gasteiger partial charge in [-0.05, 0) is 43.7 Å². The number of ether oxygens (including phenoxy) is 3. The fourth-order valence-electron chi connectivity index (χ4n) is 2.92. The molecule has 0 fully saturated rings. The highest BCUT2D eigenvalue weighted by Gasteiger charge is 2.18. The molecule has 0 N–H and O–H groups in total. The van der Waals surface area contributed by atoms with Crippen molar-refractivity contribution in [3.05, 3.63) is 59.7 Å². The number of likely N-dealkylation sites (N-methyl/N-ethyl adjacent to an activating group) is 1. The molecule has 2 aromatic carbocycles. The zero-order chi connectivity index (χ0) is 19.1. The second kappa shape index (κ2) is 9.12. The molecule has 0 saturated heterocycles. The number of hydrogen-bond donors (Lipinski definition) is 0. The fraction of sp³-hybridized carbons (Fsp3) is 0.318. The molecule has 0 atom stereocenters. The van der Waals surface area contributed by atoms with E-state index in [-0.39, 0.29) is 5.91 Å². The number of nitrogens with zero attached hydrogens (tertiary/aromatic N) is 1. The van der Waals surface area contributed by atoms with Crippen LogP contribution in [0.5, 0.6) is 17.2 Å². The third kappa shape index (κ3) is 4.82. The van der Waals surface area contributed by atoms with Gasteiger partial charge in [-0.2, -0.15) is 0 Å². The molecule has 27 heavy (non-hydrogen) atoms. The van der Waals surface area contributed by atoms with Crippen LogP contribution in [-0.2, 0) is 11.3 Å². The van der Waals surface area contributed by atoms with Crippen molar-refractivity contribution in [3.8, 4) is 17.2 Å². The van der Waals surface area contributed by atoms with Crippen molar-refractivity contribution in [1.29, 1.82) is 0 Å². The van der Waals surface area contributed by atoms with Gasteiger partial charge in [0.05, 0.1) is 6.61 Å². The predicted molar refractivity (Wildman–Crippen MR) is 105 cm³/mol. The monoisotopic (exact) mass is 367 g/mol. The maximum absolute atomic E-state index is 12.6. The van der Waals surface area contributed by atoms with Gasteiger partial charge in [0.15, 0.2) is 11.5 Å². The van der Waals surface area contributed by atoms with Gasteiger partial charge in [0.25, 0.3) is 0 Å². The standard InChI is InChI=1S/C22H25NO4/c1-3-23(16-18-6-5-7-20-22(18)27-15-14-26-20)21(24)13-10-17-8-11-19(12-9-17)25-4-2/h5-13H,3-4,14-16H2,1-2H3/b13-10+. The summed E-state index contributed by atoms with van der Waals surface area (Å²) in [5.74, 6) is 2.27. The van der Waals surface area contributed by atoms with Crippen molar-refractivity contribution < 1.29 is 19.0 Å². The Morgan fingerprint density at radius 3 is 2.63 bits per heavy atom. The molecule has 5 nitrogen and oxygen atoms in total. The van der Waals surface area contributed by atoms with Gasteiger partial charge in [0.2, 0.25) is 5.91 Å². The van der Waals surface area contributed by atoms with Crippen LogP contribution in [-0.4, -0.2) is 37.2 Å². The average molecular weight is 367 g/mol. The number of benzene rings is 2. The highest BCUT2D eigenvalue weighted by Crippen LogP contribution is 2.34. The second-order valence-electron chi connectivity index (χ2n) is 6.13. The molecular weight excluding hydrogens is 342 g/mol. The van der Waals surface area contributed by atoms with E-state index >= 15 is 0 Å². The van der Waals surface area contributed by atoms with E-state index in [0.717, 1.165) is 28.4 Å². The maximum Gasteiger partial charge on any atom is 0.246 e. The largest absolute Gasteiger partial charge is 0.494 e. The van der Waals surface area contributed by atoms with Crippen molar-refractivity contribution >= 4 is 12.0 Å². The van der Waals surface area contributed by atoms with Crippen molar-refractivity contribution in [2.24, 2.45) is 0 Å². The van der Waals surface area contributed by atoms with Gasteiger partial charge < -0.3 is 19.1 Å². The van der Waals surface area contributed by atoms with E-state index in [0.29, 0.717) is 32.9 Å². The summed E-state index contributed by atoms with van der Waals surface area (Å²) in [7, 11) is 0. The second-order valence-corrected chi connectivity index (χ2v) is 6.13. The van der Waals surface area contributed by atoms with Gasteiger partial charge in [0.1, 0.15) is 19.0 Å². The van der Waals surface area contributed by atoms with E-state index in [9.17, 15) is 4.79 Å². The topological polar surface area (TPSA) is 48.0 Å². The number of rotatable bonds is 7. The van der Waals surface area contributed by atoms with Crippen molar-refractivity contribution in [3.63, 3.8) is 0 Å². The number of para-hydroxylation sites is 1. The van der Waals surface area contributed by atoms with E-state index < -0.39 is 0 Å². The predicted octanol–water partition coefficient (Wildman–Crippen LogP) is 3.92. The van der Waals surface area contributed by atoms with Gasteiger partial charge in [-0.25, -0.2) is 0 Å². The number of carbonyl (C=O) groups excluding carboxylic acids is 1. The smallest absolute Gasteiger partial charge is 0.246 e. The molecule has 1 amide bonds. The highest BCUT2D eigenvalue weighted by molar-refractivity contribution is 5.91. The van der Waals surface area contributed by atoms with E-state index in [2.05, 4.69) is 0 Å². The minimum atomic E-state index is -0.0410. The summed E-state index contributed by atoms with van der Waals surface area (Å²) in [6.07, 6.45) is 3.42. The lowest BCUT2D eigenvalue weighted by molar-refractivity contribution is -0.126. The lowest BCUT2D eigenvalue weighted by Gasteiger charge is -2.24. The van der Waals surface area contributed by atoms with Crippen molar-refractivity contribution in [1.82, 2.24) is 4.90 Å². The summed E-state index contributed by atoms with van der Waals surface area (Å²) < 4.78 is 16.8. The molecule has 2 aromatic rings. The Bertz CT molecular complexity index is 798. The summed E-state index contributed by atoms with van der Waals surface area (Å²) in [6, 6.07) is 13.5. The van der Waals surface area contributed by atoms with Crippen LogP contribution in [0.1, 0.15) is 25.0 Å². The molecule has 5 heteroatoms. The van der Waals surface area contributed by atoms with Crippen LogP contribution in [0.25, 0.3) is 6.08 Å². The average Bonchev–Trinajstić information content (AvgIpc) is 2.71. The molecule has 0 spiro atoms. The first-order valence-corrected chi connectivity index (χ1v) is 9.28. The Morgan fingerprint density at radius 2 is 1.89 bits per heavy atom. The molecular formula is C22H25NO4. The molecule has 1 aliphatic rings. The third-order valence-electron chi connectivity index (χ3n) is 4.31. The van der Waals surface area contributed by atoms with Gasteiger partial charge in [-0.3, -0.25) is 4.79 Å². The van der Waals surface area contributed by atoms with E-state index in [1.165, 1.54) is 0 Å². The lowest BCUT2D eigenvalue weighted by Crippen LogP contribution is -2.29. The van der Waals surface area contributed by atoms with Gasteiger partial charge in [0, 0.05) is 24.7 Å². The lowest BCUT2D eigenvalue weighted by atomic mass is 10.1. The molecule has 0 unspecified atom stereocenters. The Hall–Kier alpha value is -2.95. The summed E-state index contributed by atoms with van der Waals surface area (Å²) >= 11 is 0. The molecule has 1 heterocycles. The molecule has 0 bridgehead atoms. The van der Waals surface area contributed by atoms with Crippen LogP contribution < -0.4 is 14.2 Å². The minimum Gasteiger partial charge on any atom is -0.494 e. The van der Waals surface area contributed by atoms with Crippen molar-refractivity contribution in [2.45, 2.75) is 20.4 Å². The summed E-state index contributed by atoms with van der Waals surface area (Å²) in [6.45, 7) is 6.73. The zero-order valence-electron chi connectivity index (χ0n) is 15.8. The SMILES string of the molecule is CCOc1ccc(/C=C/C(=O)N(CC)Cc2cccc3c2OCCO3)cc1. The fourth-order valence-corrected chi connectivity index (χ4v) is 2.92. The zero-order valence-corrected chi connectivity index (χ0v) is 15.8. The van der Waals surface area contributed by atoms with Crippen LogP contribution in [0.3, 0.4) is 0 Å². The van der Waals surface area contributed by atoms with Gasteiger partial charge in [-0.1, -0.05) is 24.3 Å². The molecule has 0 radical (unpaired) electrons. The Labute approximate surface area is 160 Å². The van der Waals surface area contributed by atoms with Crippen LogP contribution in [0.4, 0.5) is 0 Å². The first kappa shape index (κ1) is 18.8. The first-order chi connectivity index (χ1) is 13.2. The third-order valence-corrected chi connectivity index (χ3v) is 4.31. The highest BCUT2D eigenvalue weighted by atomic mass is 16.6. The molecule has 0 saturated carbocycles. The Kier molecular flexibility index (Phi) is 6.36. The Morgan fingerprint density at radius 1 is 1.11 bits per heavy atom.